The van der Waals surface area contributed by atoms with Crippen molar-refractivity contribution in [3.8, 4) is 0 Å². The summed E-state index contributed by atoms with van der Waals surface area (Å²) >= 11 is 0. The normalized spacial score (nSPS) is 34.8. The number of carbonyl (C=O) groups excluding carboxylic acids is 1. The van der Waals surface area contributed by atoms with E-state index in [4.69, 9.17) is 0 Å². The standard InChI is InChI=1S/C13H25N3O/c1-13(6-4-7-14-10-13)12(17)15-9-11-5-3-8-16(11)2/h11,14H,3-10H2,1-2H3,(H,15,17). The molecule has 98 valence electrons. The molecule has 0 radical (unpaired) electrons. The molecule has 0 spiro atoms. The van der Waals surface area contributed by atoms with Gasteiger partial charge in [-0.15, -0.1) is 0 Å². The second-order valence-electron chi connectivity index (χ2n) is 5.83. The number of hydrogen-bond donors (Lipinski definition) is 2. The Morgan fingerprint density at radius 3 is 2.94 bits per heavy atom. The van der Waals surface area contributed by atoms with E-state index in [0.29, 0.717) is 6.04 Å². The Bertz CT molecular complexity index is 274. The van der Waals surface area contributed by atoms with Crippen LogP contribution in [0.3, 0.4) is 0 Å². The first kappa shape index (κ1) is 12.8. The Hall–Kier alpha value is -0.610. The van der Waals surface area contributed by atoms with Crippen molar-refractivity contribution in [2.45, 2.75) is 38.6 Å². The third kappa shape index (κ3) is 2.99. The summed E-state index contributed by atoms with van der Waals surface area (Å²) < 4.78 is 0. The quantitative estimate of drug-likeness (QED) is 0.757. The van der Waals surface area contributed by atoms with Gasteiger partial charge in [0, 0.05) is 19.1 Å². The number of rotatable bonds is 3. The number of likely N-dealkylation sites (tertiary alicyclic amines) is 1. The van der Waals surface area contributed by atoms with Crippen molar-refractivity contribution in [2.24, 2.45) is 5.41 Å². The van der Waals surface area contributed by atoms with Crippen molar-refractivity contribution in [2.75, 3.05) is 33.2 Å². The first-order valence-electron chi connectivity index (χ1n) is 6.81. The fourth-order valence-corrected chi connectivity index (χ4v) is 2.91. The third-order valence-electron chi connectivity index (χ3n) is 4.32. The lowest BCUT2D eigenvalue weighted by Crippen LogP contribution is -2.50. The van der Waals surface area contributed by atoms with Crippen molar-refractivity contribution >= 4 is 5.91 Å². The largest absolute Gasteiger partial charge is 0.354 e. The average molecular weight is 239 g/mol. The summed E-state index contributed by atoms with van der Waals surface area (Å²) in [6.07, 6.45) is 4.58. The van der Waals surface area contributed by atoms with Gasteiger partial charge in [0.05, 0.1) is 5.41 Å². The molecule has 0 saturated carbocycles. The maximum Gasteiger partial charge on any atom is 0.227 e. The molecule has 2 rings (SSSR count). The van der Waals surface area contributed by atoms with Crippen LogP contribution >= 0.6 is 0 Å². The van der Waals surface area contributed by atoms with Crippen LogP contribution < -0.4 is 10.6 Å². The van der Waals surface area contributed by atoms with Gasteiger partial charge in [-0.05, 0) is 52.7 Å². The number of likely N-dealkylation sites (N-methyl/N-ethyl adjacent to an activating group) is 1. The molecule has 2 fully saturated rings. The van der Waals surface area contributed by atoms with E-state index in [1.807, 2.05) is 0 Å². The maximum absolute atomic E-state index is 12.2. The molecule has 0 aromatic carbocycles. The highest BCUT2D eigenvalue weighted by Gasteiger charge is 2.35. The van der Waals surface area contributed by atoms with Crippen molar-refractivity contribution in [1.82, 2.24) is 15.5 Å². The minimum Gasteiger partial charge on any atom is -0.354 e. The Morgan fingerprint density at radius 2 is 2.35 bits per heavy atom. The van der Waals surface area contributed by atoms with Gasteiger partial charge in [-0.1, -0.05) is 0 Å². The monoisotopic (exact) mass is 239 g/mol. The summed E-state index contributed by atoms with van der Waals surface area (Å²) in [6, 6.07) is 0.541. The second-order valence-corrected chi connectivity index (χ2v) is 5.83. The molecular weight excluding hydrogens is 214 g/mol. The summed E-state index contributed by atoms with van der Waals surface area (Å²) in [5.74, 6) is 0.227. The van der Waals surface area contributed by atoms with Gasteiger partial charge in [-0.3, -0.25) is 4.79 Å². The molecule has 2 unspecified atom stereocenters. The molecule has 1 amide bonds. The fourth-order valence-electron chi connectivity index (χ4n) is 2.91. The zero-order valence-electron chi connectivity index (χ0n) is 11.1. The van der Waals surface area contributed by atoms with Crippen LogP contribution in [0.4, 0.5) is 0 Å². The average Bonchev–Trinajstić information content (AvgIpc) is 2.73. The molecular formula is C13H25N3O. The lowest BCUT2D eigenvalue weighted by atomic mass is 9.82. The number of amides is 1. The minimum absolute atomic E-state index is 0.199. The van der Waals surface area contributed by atoms with E-state index in [0.717, 1.165) is 32.5 Å². The van der Waals surface area contributed by atoms with Gasteiger partial charge >= 0.3 is 0 Å². The molecule has 17 heavy (non-hydrogen) atoms. The van der Waals surface area contributed by atoms with Gasteiger partial charge < -0.3 is 15.5 Å². The molecule has 2 heterocycles. The first-order chi connectivity index (χ1) is 8.12. The molecule has 0 aliphatic carbocycles. The van der Waals surface area contributed by atoms with E-state index in [1.54, 1.807) is 0 Å². The van der Waals surface area contributed by atoms with Gasteiger partial charge in [-0.2, -0.15) is 0 Å². The third-order valence-corrected chi connectivity index (χ3v) is 4.32. The maximum atomic E-state index is 12.2. The van der Waals surface area contributed by atoms with E-state index < -0.39 is 0 Å². The van der Waals surface area contributed by atoms with Crippen molar-refractivity contribution in [3.63, 3.8) is 0 Å². The van der Waals surface area contributed by atoms with Gasteiger partial charge in [0.1, 0.15) is 0 Å². The Kier molecular flexibility index (Phi) is 4.05. The van der Waals surface area contributed by atoms with Crippen LogP contribution in [0.25, 0.3) is 0 Å². The predicted octanol–water partition coefficient (Wildman–Crippen LogP) is 0.587. The molecule has 2 aliphatic rings. The summed E-state index contributed by atoms with van der Waals surface area (Å²) in [6.45, 7) is 5.92. The number of hydrogen-bond acceptors (Lipinski definition) is 3. The zero-order chi connectivity index (χ0) is 12.3. The Labute approximate surface area is 104 Å². The van der Waals surface area contributed by atoms with Gasteiger partial charge in [0.2, 0.25) is 5.91 Å². The van der Waals surface area contributed by atoms with Crippen molar-refractivity contribution in [3.05, 3.63) is 0 Å². The molecule has 0 aromatic rings. The van der Waals surface area contributed by atoms with Gasteiger partial charge in [0.15, 0.2) is 0 Å². The van der Waals surface area contributed by atoms with Crippen molar-refractivity contribution in [1.29, 1.82) is 0 Å². The molecule has 4 heteroatoms. The molecule has 2 atom stereocenters. The molecule has 0 aromatic heterocycles. The van der Waals surface area contributed by atoms with Crippen LogP contribution in [0, 0.1) is 5.41 Å². The molecule has 0 bridgehead atoms. The molecule has 2 N–H and O–H groups in total. The molecule has 2 aliphatic heterocycles. The van der Waals surface area contributed by atoms with Crippen LogP contribution in [-0.4, -0.2) is 50.1 Å². The van der Waals surface area contributed by atoms with E-state index in [2.05, 4.69) is 29.5 Å². The van der Waals surface area contributed by atoms with Crippen LogP contribution in [0.1, 0.15) is 32.6 Å². The van der Waals surface area contributed by atoms with Crippen LogP contribution in [-0.2, 0) is 4.79 Å². The van der Waals surface area contributed by atoms with E-state index >= 15 is 0 Å². The second kappa shape index (κ2) is 5.36. The highest BCUT2D eigenvalue weighted by atomic mass is 16.2. The lowest BCUT2D eigenvalue weighted by molar-refractivity contribution is -0.131. The molecule has 2 saturated heterocycles. The topological polar surface area (TPSA) is 44.4 Å². The highest BCUT2D eigenvalue weighted by molar-refractivity contribution is 5.82. The Morgan fingerprint density at radius 1 is 1.53 bits per heavy atom. The summed E-state index contributed by atoms with van der Waals surface area (Å²) in [5.41, 5.74) is -0.199. The van der Waals surface area contributed by atoms with Crippen LogP contribution in [0.5, 0.6) is 0 Å². The van der Waals surface area contributed by atoms with E-state index in [9.17, 15) is 4.79 Å². The summed E-state index contributed by atoms with van der Waals surface area (Å²) in [4.78, 5) is 14.6. The fraction of sp³-hybridized carbons (Fsp3) is 0.923. The van der Waals surface area contributed by atoms with Crippen LogP contribution in [0.15, 0.2) is 0 Å². The summed E-state index contributed by atoms with van der Waals surface area (Å²) in [5, 5.41) is 6.47. The highest BCUT2D eigenvalue weighted by Crippen LogP contribution is 2.25. The first-order valence-corrected chi connectivity index (χ1v) is 6.81. The van der Waals surface area contributed by atoms with Crippen LogP contribution in [0.2, 0.25) is 0 Å². The van der Waals surface area contributed by atoms with Gasteiger partial charge in [0.25, 0.3) is 0 Å². The number of nitrogens with zero attached hydrogens (tertiary/aromatic N) is 1. The number of nitrogens with one attached hydrogen (secondary N) is 2. The predicted molar refractivity (Wildman–Crippen MR) is 68.9 cm³/mol. The summed E-state index contributed by atoms with van der Waals surface area (Å²) in [7, 11) is 2.15. The number of piperidine rings is 1. The zero-order valence-corrected chi connectivity index (χ0v) is 11.1. The molecule has 4 nitrogen and oxygen atoms in total. The van der Waals surface area contributed by atoms with Crippen molar-refractivity contribution < 1.29 is 4.79 Å². The SMILES string of the molecule is CN1CCCC1CNC(=O)C1(C)CCCNC1. The Balaban J connectivity index is 1.80. The van der Waals surface area contributed by atoms with E-state index in [-0.39, 0.29) is 11.3 Å². The van der Waals surface area contributed by atoms with Gasteiger partial charge in [-0.25, -0.2) is 0 Å². The lowest BCUT2D eigenvalue weighted by Gasteiger charge is -2.33. The smallest absolute Gasteiger partial charge is 0.227 e. The van der Waals surface area contributed by atoms with E-state index in [1.165, 1.54) is 19.4 Å². The minimum atomic E-state index is -0.199. The number of carbonyl (C=O) groups is 1.